The van der Waals surface area contributed by atoms with Crippen LogP contribution >= 0.6 is 0 Å². The van der Waals surface area contributed by atoms with Crippen molar-refractivity contribution in [3.63, 3.8) is 0 Å². The van der Waals surface area contributed by atoms with Crippen molar-refractivity contribution in [3.05, 3.63) is 0 Å². The summed E-state index contributed by atoms with van der Waals surface area (Å²) in [6.45, 7) is 8.13. The molecule has 0 amide bonds. The maximum atomic E-state index is 5.40. The van der Waals surface area contributed by atoms with Gasteiger partial charge in [0.25, 0.3) is 0 Å². The Morgan fingerprint density at radius 1 is 1.10 bits per heavy atom. The molecule has 0 aliphatic heterocycles. The van der Waals surface area contributed by atoms with E-state index in [-0.39, 0.29) is 0 Å². The van der Waals surface area contributed by atoms with Crippen LogP contribution in [0.15, 0.2) is 0 Å². The van der Waals surface area contributed by atoms with Crippen molar-refractivity contribution < 1.29 is 9.47 Å². The number of methoxy groups -OCH3 is 2. The first-order chi connectivity index (χ1) is 10.2. The summed E-state index contributed by atoms with van der Waals surface area (Å²) >= 11 is 0. The highest BCUT2D eigenvalue weighted by atomic mass is 16.5. The molecule has 1 saturated carbocycles. The van der Waals surface area contributed by atoms with E-state index in [2.05, 4.69) is 24.1 Å². The lowest BCUT2D eigenvalue weighted by molar-refractivity contribution is 0.0276. The molecule has 1 fully saturated rings. The normalized spacial score (nSPS) is 25.6. The summed E-state index contributed by atoms with van der Waals surface area (Å²) in [6.07, 6.45) is 8.05. The monoisotopic (exact) mass is 300 g/mol. The third-order valence-electron chi connectivity index (χ3n) is 4.65. The predicted molar refractivity (Wildman–Crippen MR) is 88.9 cm³/mol. The smallest absolute Gasteiger partial charge is 0.0615 e. The fraction of sp³-hybridized carbons (Fsp3) is 1.00. The minimum atomic E-state index is 0.440. The van der Waals surface area contributed by atoms with Gasteiger partial charge in [-0.3, -0.25) is 4.90 Å². The molecule has 4 heteroatoms. The second-order valence-corrected chi connectivity index (χ2v) is 6.26. The number of rotatable bonds is 9. The largest absolute Gasteiger partial charge is 0.383 e. The number of likely N-dealkylation sites (N-methyl/N-ethyl adjacent to an activating group) is 1. The molecule has 0 spiro atoms. The van der Waals surface area contributed by atoms with Crippen molar-refractivity contribution in [2.75, 3.05) is 40.5 Å². The lowest BCUT2D eigenvalue weighted by Crippen LogP contribution is -2.55. The molecule has 0 saturated heterocycles. The number of hydrogen-bond donors (Lipinski definition) is 1. The summed E-state index contributed by atoms with van der Waals surface area (Å²) in [5.41, 5.74) is 0. The van der Waals surface area contributed by atoms with Crippen LogP contribution in [0.2, 0.25) is 0 Å². The zero-order chi connectivity index (χ0) is 15.5. The second-order valence-electron chi connectivity index (χ2n) is 6.26. The van der Waals surface area contributed by atoms with E-state index in [9.17, 15) is 0 Å². The SMILES string of the molecule is CCNC1CCCCCCC1N(CCOC)C(C)COC. The van der Waals surface area contributed by atoms with Gasteiger partial charge in [-0.05, 0) is 26.3 Å². The second kappa shape index (κ2) is 11.4. The maximum absolute atomic E-state index is 5.40. The van der Waals surface area contributed by atoms with E-state index < -0.39 is 0 Å². The highest BCUT2D eigenvalue weighted by Crippen LogP contribution is 2.23. The molecule has 0 aromatic rings. The van der Waals surface area contributed by atoms with Crippen LogP contribution < -0.4 is 5.32 Å². The molecule has 0 aromatic carbocycles. The van der Waals surface area contributed by atoms with E-state index in [0.29, 0.717) is 18.1 Å². The summed E-state index contributed by atoms with van der Waals surface area (Å²) in [7, 11) is 3.59. The summed E-state index contributed by atoms with van der Waals surface area (Å²) in [5, 5.41) is 3.73. The number of ether oxygens (including phenoxy) is 2. The van der Waals surface area contributed by atoms with Crippen LogP contribution in [0.4, 0.5) is 0 Å². The molecule has 1 aliphatic rings. The first kappa shape index (κ1) is 18.9. The van der Waals surface area contributed by atoms with Crippen molar-refractivity contribution in [2.45, 2.75) is 70.5 Å². The van der Waals surface area contributed by atoms with Gasteiger partial charge in [0.15, 0.2) is 0 Å². The van der Waals surface area contributed by atoms with Crippen molar-refractivity contribution in [3.8, 4) is 0 Å². The van der Waals surface area contributed by atoms with E-state index in [1.54, 1.807) is 14.2 Å². The van der Waals surface area contributed by atoms with Gasteiger partial charge >= 0.3 is 0 Å². The van der Waals surface area contributed by atoms with Crippen LogP contribution in [-0.4, -0.2) is 63.5 Å². The van der Waals surface area contributed by atoms with Crippen LogP contribution in [0.5, 0.6) is 0 Å². The zero-order valence-corrected chi connectivity index (χ0v) is 14.6. The van der Waals surface area contributed by atoms with Gasteiger partial charge in [0, 0.05) is 38.9 Å². The first-order valence-electron chi connectivity index (χ1n) is 8.71. The molecule has 1 aliphatic carbocycles. The molecule has 0 bridgehead atoms. The minimum absolute atomic E-state index is 0.440. The Kier molecular flexibility index (Phi) is 10.3. The Bertz CT molecular complexity index is 251. The van der Waals surface area contributed by atoms with Crippen LogP contribution in [0.3, 0.4) is 0 Å². The molecule has 21 heavy (non-hydrogen) atoms. The van der Waals surface area contributed by atoms with Crippen LogP contribution in [0, 0.1) is 0 Å². The fourth-order valence-electron chi connectivity index (χ4n) is 3.61. The zero-order valence-electron chi connectivity index (χ0n) is 14.6. The molecule has 1 rings (SSSR count). The van der Waals surface area contributed by atoms with Crippen molar-refractivity contribution in [2.24, 2.45) is 0 Å². The van der Waals surface area contributed by atoms with E-state index in [0.717, 1.165) is 26.3 Å². The van der Waals surface area contributed by atoms with E-state index >= 15 is 0 Å². The lowest BCUT2D eigenvalue weighted by Gasteiger charge is -2.42. The van der Waals surface area contributed by atoms with Gasteiger partial charge in [-0.1, -0.05) is 32.6 Å². The Morgan fingerprint density at radius 3 is 2.43 bits per heavy atom. The fourth-order valence-corrected chi connectivity index (χ4v) is 3.61. The van der Waals surface area contributed by atoms with E-state index in [1.165, 1.54) is 38.5 Å². The summed E-state index contributed by atoms with van der Waals surface area (Å²) < 4.78 is 10.7. The summed E-state index contributed by atoms with van der Waals surface area (Å²) in [6, 6.07) is 1.65. The van der Waals surface area contributed by atoms with Crippen molar-refractivity contribution in [1.82, 2.24) is 10.2 Å². The van der Waals surface area contributed by atoms with E-state index in [1.807, 2.05) is 0 Å². The van der Waals surface area contributed by atoms with Gasteiger partial charge < -0.3 is 14.8 Å². The van der Waals surface area contributed by atoms with Gasteiger partial charge in [-0.25, -0.2) is 0 Å². The molecular weight excluding hydrogens is 264 g/mol. The van der Waals surface area contributed by atoms with Crippen LogP contribution in [0.1, 0.15) is 52.4 Å². The molecular formula is C17H36N2O2. The Balaban J connectivity index is 2.79. The van der Waals surface area contributed by atoms with Gasteiger partial charge in [-0.15, -0.1) is 0 Å². The number of hydrogen-bond acceptors (Lipinski definition) is 4. The third-order valence-corrected chi connectivity index (χ3v) is 4.65. The highest BCUT2D eigenvalue weighted by Gasteiger charge is 2.30. The first-order valence-corrected chi connectivity index (χ1v) is 8.71. The molecule has 126 valence electrons. The molecule has 0 heterocycles. The average molecular weight is 300 g/mol. The molecule has 0 radical (unpaired) electrons. The van der Waals surface area contributed by atoms with Gasteiger partial charge in [0.2, 0.25) is 0 Å². The number of nitrogens with one attached hydrogen (secondary N) is 1. The Hall–Kier alpha value is -0.160. The molecule has 3 unspecified atom stereocenters. The quantitative estimate of drug-likeness (QED) is 0.710. The van der Waals surface area contributed by atoms with Gasteiger partial charge in [-0.2, -0.15) is 0 Å². The molecule has 1 N–H and O–H groups in total. The third kappa shape index (κ3) is 6.64. The molecule has 4 nitrogen and oxygen atoms in total. The predicted octanol–water partition coefficient (Wildman–Crippen LogP) is 2.67. The van der Waals surface area contributed by atoms with Crippen molar-refractivity contribution >= 4 is 0 Å². The van der Waals surface area contributed by atoms with Crippen LogP contribution in [-0.2, 0) is 9.47 Å². The van der Waals surface area contributed by atoms with Crippen LogP contribution in [0.25, 0.3) is 0 Å². The van der Waals surface area contributed by atoms with Crippen molar-refractivity contribution in [1.29, 1.82) is 0 Å². The minimum Gasteiger partial charge on any atom is -0.383 e. The molecule has 0 aromatic heterocycles. The Morgan fingerprint density at radius 2 is 1.81 bits per heavy atom. The summed E-state index contributed by atoms with van der Waals surface area (Å²) in [5.74, 6) is 0. The van der Waals surface area contributed by atoms with E-state index in [4.69, 9.17) is 9.47 Å². The standard InChI is InChI=1S/C17H36N2O2/c1-5-18-16-10-8-6-7-9-11-17(16)19(12-13-20-3)15(2)14-21-4/h15-18H,5-14H2,1-4H3. The highest BCUT2D eigenvalue weighted by molar-refractivity contribution is 4.88. The van der Waals surface area contributed by atoms with Gasteiger partial charge in [0.05, 0.1) is 13.2 Å². The number of nitrogens with zero attached hydrogens (tertiary/aromatic N) is 1. The Labute approximate surface area is 131 Å². The topological polar surface area (TPSA) is 33.7 Å². The lowest BCUT2D eigenvalue weighted by atomic mass is 9.90. The van der Waals surface area contributed by atoms with Gasteiger partial charge in [0.1, 0.15) is 0 Å². The summed E-state index contributed by atoms with van der Waals surface area (Å²) in [4.78, 5) is 2.62. The molecule has 3 atom stereocenters. The average Bonchev–Trinajstić information content (AvgIpc) is 2.45. The maximum Gasteiger partial charge on any atom is 0.0615 e.